The highest BCUT2D eigenvalue weighted by atomic mass is 14.2. The smallest absolute Gasteiger partial charge is 0 e. The third kappa shape index (κ3) is 3.84. The molecule has 0 unspecified atom stereocenters. The van der Waals surface area contributed by atoms with Gasteiger partial charge in [-0.05, 0) is 116 Å². The van der Waals surface area contributed by atoms with E-state index < -0.39 is 0 Å². The molecule has 0 aliphatic heterocycles. The molecule has 0 N–H and O–H groups in total. The Bertz CT molecular complexity index is 2580. The van der Waals surface area contributed by atoms with Gasteiger partial charge in [-0.15, -0.1) is 0 Å². The molecule has 0 bridgehead atoms. The second kappa shape index (κ2) is 9.15. The van der Waals surface area contributed by atoms with Crippen molar-refractivity contribution in [1.82, 2.24) is 0 Å². The summed E-state index contributed by atoms with van der Waals surface area (Å²) in [6.45, 7) is 6.89. The van der Waals surface area contributed by atoms with Crippen LogP contribution in [-0.2, 0) is 5.41 Å². The van der Waals surface area contributed by atoms with Crippen LogP contribution in [0, 0.1) is 0 Å². The maximum atomic E-state index is 2.39. The topological polar surface area (TPSA) is 0 Å². The summed E-state index contributed by atoms with van der Waals surface area (Å²) in [6.07, 6.45) is 0. The van der Waals surface area contributed by atoms with Crippen LogP contribution >= 0.6 is 0 Å². The maximum absolute atomic E-state index is 2.39. The average Bonchev–Trinajstić information content (AvgIpc) is 3.05. The van der Waals surface area contributed by atoms with E-state index in [4.69, 9.17) is 0 Å². The lowest BCUT2D eigenvalue weighted by atomic mass is 9.82. The SMILES string of the molecule is CC(C)(C)c1cc2ccc3ccc(-c4ccc5cc(-c6ccc7c(ccc8ccccc87)c6)ccc5c4)c4ccc(c1)c2c34.[HH].[HH].[HH].[HH].[HH].[HH]. The van der Waals surface area contributed by atoms with Crippen LogP contribution in [0.2, 0.25) is 0 Å². The fraction of sp³-hybridized carbons (Fsp3) is 0.0909. The Hall–Kier alpha value is -5.20. The minimum absolute atomic E-state index is 0. The van der Waals surface area contributed by atoms with Crippen molar-refractivity contribution >= 4 is 64.6 Å². The normalized spacial score (nSPS) is 12.4. The quantitative estimate of drug-likeness (QED) is 0.181. The Kier molecular flexibility index (Phi) is 5.26. The Morgan fingerprint density at radius 1 is 0.364 bits per heavy atom. The molecule has 0 fully saturated rings. The van der Waals surface area contributed by atoms with Gasteiger partial charge in [0.1, 0.15) is 0 Å². The Labute approximate surface area is 266 Å². The zero-order valence-corrected chi connectivity index (χ0v) is 25.3. The van der Waals surface area contributed by atoms with Crippen molar-refractivity contribution in [2.24, 2.45) is 0 Å². The van der Waals surface area contributed by atoms with E-state index in [1.165, 1.54) is 92.5 Å². The molecule has 0 saturated heterocycles. The van der Waals surface area contributed by atoms with Gasteiger partial charge in [-0.3, -0.25) is 0 Å². The zero-order chi connectivity index (χ0) is 29.6. The van der Waals surface area contributed by atoms with Gasteiger partial charge in [0.05, 0.1) is 0 Å². The van der Waals surface area contributed by atoms with Crippen molar-refractivity contribution in [2.45, 2.75) is 26.2 Å². The first-order chi connectivity index (χ1) is 21.4. The van der Waals surface area contributed by atoms with Gasteiger partial charge >= 0.3 is 0 Å². The monoisotopic (exact) mass is 572 g/mol. The lowest BCUT2D eigenvalue weighted by Crippen LogP contribution is -2.10. The molecule has 9 aromatic carbocycles. The maximum Gasteiger partial charge on any atom is 0 e. The minimum Gasteiger partial charge on any atom is -0.0616 e. The highest BCUT2D eigenvalue weighted by Crippen LogP contribution is 2.42. The molecule has 9 aromatic rings. The van der Waals surface area contributed by atoms with Crippen LogP contribution in [0.4, 0.5) is 0 Å². The highest BCUT2D eigenvalue weighted by molar-refractivity contribution is 6.25. The molecule has 0 heterocycles. The Balaban J connectivity index is 0.00000113. The highest BCUT2D eigenvalue weighted by Gasteiger charge is 2.18. The lowest BCUT2D eigenvalue weighted by Gasteiger charge is -2.22. The number of hydrogen-bond acceptors (Lipinski definition) is 0. The van der Waals surface area contributed by atoms with Crippen molar-refractivity contribution in [3.8, 4) is 22.3 Å². The van der Waals surface area contributed by atoms with Gasteiger partial charge in [0.25, 0.3) is 0 Å². The van der Waals surface area contributed by atoms with E-state index in [9.17, 15) is 0 Å². The van der Waals surface area contributed by atoms with Crippen LogP contribution in [-0.4, -0.2) is 0 Å². The van der Waals surface area contributed by atoms with E-state index in [-0.39, 0.29) is 14.0 Å². The summed E-state index contributed by atoms with van der Waals surface area (Å²) in [5.41, 5.74) is 6.55. The van der Waals surface area contributed by atoms with E-state index >= 15 is 0 Å². The third-order valence-electron chi connectivity index (χ3n) is 9.69. The molecule has 220 valence electrons. The average molecular weight is 573 g/mol. The second-order valence-corrected chi connectivity index (χ2v) is 13.4. The number of benzene rings is 9. The molecule has 44 heavy (non-hydrogen) atoms. The first kappa shape index (κ1) is 25.3. The Morgan fingerprint density at radius 2 is 0.886 bits per heavy atom. The molecule has 0 radical (unpaired) electrons. The second-order valence-electron chi connectivity index (χ2n) is 13.4. The molecular formula is C44H44. The van der Waals surface area contributed by atoms with Gasteiger partial charge in [-0.1, -0.05) is 142 Å². The fourth-order valence-electron chi connectivity index (χ4n) is 7.29. The molecular weight excluding hydrogens is 528 g/mol. The molecule has 0 aliphatic rings. The van der Waals surface area contributed by atoms with Gasteiger partial charge < -0.3 is 0 Å². The van der Waals surface area contributed by atoms with Crippen LogP contribution in [0.15, 0.2) is 140 Å². The first-order valence-corrected chi connectivity index (χ1v) is 15.6. The number of rotatable bonds is 2. The van der Waals surface area contributed by atoms with Gasteiger partial charge in [0.15, 0.2) is 0 Å². The minimum atomic E-state index is 0. The predicted octanol–water partition coefficient (Wildman–Crippen LogP) is 14.2. The summed E-state index contributed by atoms with van der Waals surface area (Å²) in [6, 6.07) is 52.4. The fourth-order valence-corrected chi connectivity index (χ4v) is 7.29. The summed E-state index contributed by atoms with van der Waals surface area (Å²) in [4.78, 5) is 0. The van der Waals surface area contributed by atoms with Gasteiger partial charge in [0.2, 0.25) is 0 Å². The zero-order valence-electron chi connectivity index (χ0n) is 25.3. The van der Waals surface area contributed by atoms with Gasteiger partial charge in [-0.25, -0.2) is 0 Å². The van der Waals surface area contributed by atoms with Gasteiger partial charge in [-0.2, -0.15) is 0 Å². The molecule has 0 nitrogen and oxygen atoms in total. The standard InChI is InChI=1S/C44H32.6H2/c1-44(2,3)37-25-35-15-9-28-16-19-40(41-21-18-36(26-37)42(35)43(28)41)34-14-12-30-22-29(10-11-31(30)23-34)32-17-20-39-33(24-32)13-8-27-6-4-5-7-38(27)39;;;;;;/h4-26H,1-3H3;6*1H. The molecule has 9 rings (SSSR count). The molecule has 0 saturated carbocycles. The molecule has 0 amide bonds. The van der Waals surface area contributed by atoms with E-state index in [1.807, 2.05) is 0 Å². The van der Waals surface area contributed by atoms with Crippen molar-refractivity contribution in [2.75, 3.05) is 0 Å². The van der Waals surface area contributed by atoms with Crippen molar-refractivity contribution in [1.29, 1.82) is 0 Å². The predicted molar refractivity (Wildman–Crippen MR) is 205 cm³/mol. The van der Waals surface area contributed by atoms with E-state index in [0.29, 0.717) is 0 Å². The van der Waals surface area contributed by atoms with Crippen LogP contribution in [0.5, 0.6) is 0 Å². The summed E-state index contributed by atoms with van der Waals surface area (Å²) >= 11 is 0. The molecule has 0 aromatic heterocycles. The van der Waals surface area contributed by atoms with Crippen LogP contribution in [0.25, 0.3) is 86.9 Å². The number of fused-ring (bicyclic) bond motifs is 4. The van der Waals surface area contributed by atoms with Crippen LogP contribution in [0.3, 0.4) is 0 Å². The Morgan fingerprint density at radius 3 is 1.68 bits per heavy atom. The largest absolute Gasteiger partial charge is 0.0616 e. The van der Waals surface area contributed by atoms with E-state index in [0.717, 1.165) is 0 Å². The number of hydrogen-bond donors (Lipinski definition) is 0. The molecule has 0 heteroatoms. The van der Waals surface area contributed by atoms with Crippen molar-refractivity contribution in [3.63, 3.8) is 0 Å². The summed E-state index contributed by atoms with van der Waals surface area (Å²) < 4.78 is 0. The first-order valence-electron chi connectivity index (χ1n) is 15.6. The summed E-state index contributed by atoms with van der Waals surface area (Å²) in [5.74, 6) is 0. The third-order valence-corrected chi connectivity index (χ3v) is 9.69. The van der Waals surface area contributed by atoms with Crippen LogP contribution < -0.4 is 0 Å². The van der Waals surface area contributed by atoms with Crippen molar-refractivity contribution in [3.05, 3.63) is 145 Å². The summed E-state index contributed by atoms with van der Waals surface area (Å²) in [5, 5.41) is 15.7. The molecule has 0 atom stereocenters. The van der Waals surface area contributed by atoms with E-state index in [2.05, 4.69) is 160 Å². The lowest BCUT2D eigenvalue weighted by molar-refractivity contribution is 0.591. The van der Waals surface area contributed by atoms with E-state index in [1.54, 1.807) is 0 Å². The van der Waals surface area contributed by atoms with Gasteiger partial charge in [0, 0.05) is 8.56 Å². The summed E-state index contributed by atoms with van der Waals surface area (Å²) in [7, 11) is 0. The van der Waals surface area contributed by atoms with Crippen molar-refractivity contribution < 1.29 is 8.56 Å². The molecule has 0 spiro atoms. The van der Waals surface area contributed by atoms with Crippen LogP contribution in [0.1, 0.15) is 34.9 Å². The molecule has 0 aliphatic carbocycles.